The topological polar surface area (TPSA) is 23.6 Å². The number of likely N-dealkylation sites (tertiary alicyclic amines) is 1. The molecule has 1 amide bonds. The van der Waals surface area contributed by atoms with E-state index < -0.39 is 0 Å². The molecule has 0 bridgehead atoms. The first kappa shape index (κ1) is 9.52. The predicted octanol–water partition coefficient (Wildman–Crippen LogP) is 0.908. The first-order valence-corrected chi connectivity index (χ1v) is 4.78. The summed E-state index contributed by atoms with van der Waals surface area (Å²) in [6, 6.07) is 0. The number of hydrogen-bond donors (Lipinski definition) is 0. The molecular formula is C9H18N2O. The summed E-state index contributed by atoms with van der Waals surface area (Å²) in [6.45, 7) is 8.09. The average Bonchev–Trinajstić information content (AvgIpc) is 2.47. The lowest BCUT2D eigenvalue weighted by molar-refractivity contribution is -0.129. The lowest BCUT2D eigenvalue weighted by Crippen LogP contribution is -2.38. The molecule has 1 fully saturated rings. The van der Waals surface area contributed by atoms with E-state index in [9.17, 15) is 4.79 Å². The van der Waals surface area contributed by atoms with Gasteiger partial charge in [-0.2, -0.15) is 0 Å². The quantitative estimate of drug-likeness (QED) is 0.626. The van der Waals surface area contributed by atoms with Gasteiger partial charge in [0.1, 0.15) is 0 Å². The van der Waals surface area contributed by atoms with Crippen LogP contribution in [-0.2, 0) is 4.79 Å². The summed E-state index contributed by atoms with van der Waals surface area (Å²) in [5.74, 6) is 0.321. The fraction of sp³-hybridized carbons (Fsp3) is 0.889. The Kier molecular flexibility index (Phi) is 3.53. The first-order chi connectivity index (χ1) is 5.77. The van der Waals surface area contributed by atoms with E-state index in [1.165, 1.54) is 0 Å². The van der Waals surface area contributed by atoms with Crippen molar-refractivity contribution in [3.8, 4) is 0 Å². The summed E-state index contributed by atoms with van der Waals surface area (Å²) >= 11 is 0. The zero-order valence-corrected chi connectivity index (χ0v) is 8.05. The van der Waals surface area contributed by atoms with E-state index in [-0.39, 0.29) is 0 Å². The minimum Gasteiger partial charge on any atom is -0.330 e. The van der Waals surface area contributed by atoms with Crippen molar-refractivity contribution in [3.05, 3.63) is 0 Å². The molecule has 1 heterocycles. The highest BCUT2D eigenvalue weighted by Crippen LogP contribution is 2.09. The van der Waals surface area contributed by atoms with Crippen LogP contribution < -0.4 is 0 Å². The second kappa shape index (κ2) is 4.45. The maximum Gasteiger partial charge on any atom is 0.223 e. The Balaban J connectivity index is 2.33. The van der Waals surface area contributed by atoms with E-state index in [4.69, 9.17) is 0 Å². The van der Waals surface area contributed by atoms with Crippen molar-refractivity contribution in [1.29, 1.82) is 0 Å². The van der Waals surface area contributed by atoms with E-state index in [0.717, 1.165) is 39.1 Å². The van der Waals surface area contributed by atoms with E-state index >= 15 is 0 Å². The second-order valence-electron chi connectivity index (χ2n) is 3.21. The van der Waals surface area contributed by atoms with Crippen LogP contribution in [0.1, 0.15) is 26.7 Å². The van der Waals surface area contributed by atoms with Gasteiger partial charge in [0.05, 0.1) is 6.67 Å². The fourth-order valence-electron chi connectivity index (χ4n) is 1.52. The third kappa shape index (κ3) is 2.21. The molecule has 0 N–H and O–H groups in total. The van der Waals surface area contributed by atoms with Crippen LogP contribution in [0.5, 0.6) is 0 Å². The zero-order chi connectivity index (χ0) is 8.97. The van der Waals surface area contributed by atoms with Crippen LogP contribution in [-0.4, -0.2) is 42.0 Å². The Hall–Kier alpha value is -0.570. The number of carbonyl (C=O) groups is 1. The SMILES string of the molecule is CCN(CC)CN1CCCC1=O. The predicted molar refractivity (Wildman–Crippen MR) is 48.7 cm³/mol. The summed E-state index contributed by atoms with van der Waals surface area (Å²) in [7, 11) is 0. The molecule has 0 saturated carbocycles. The molecule has 0 aromatic heterocycles. The molecule has 0 aromatic rings. The number of hydrogen-bond acceptors (Lipinski definition) is 2. The maximum absolute atomic E-state index is 11.2. The van der Waals surface area contributed by atoms with Crippen LogP contribution in [0.3, 0.4) is 0 Å². The maximum atomic E-state index is 11.2. The fourth-order valence-corrected chi connectivity index (χ4v) is 1.52. The lowest BCUT2D eigenvalue weighted by Gasteiger charge is -2.25. The summed E-state index contributed by atoms with van der Waals surface area (Å²) < 4.78 is 0. The van der Waals surface area contributed by atoms with Gasteiger partial charge in [-0.25, -0.2) is 0 Å². The highest BCUT2D eigenvalue weighted by atomic mass is 16.2. The molecule has 0 spiro atoms. The number of rotatable bonds is 4. The Morgan fingerprint density at radius 1 is 1.42 bits per heavy atom. The van der Waals surface area contributed by atoms with Gasteiger partial charge < -0.3 is 4.90 Å². The lowest BCUT2D eigenvalue weighted by atomic mass is 10.4. The zero-order valence-electron chi connectivity index (χ0n) is 8.05. The van der Waals surface area contributed by atoms with Gasteiger partial charge in [-0.05, 0) is 19.5 Å². The molecule has 1 saturated heterocycles. The third-order valence-electron chi connectivity index (χ3n) is 2.44. The Labute approximate surface area is 74.3 Å². The molecule has 1 aliphatic rings. The monoisotopic (exact) mass is 170 g/mol. The third-order valence-corrected chi connectivity index (χ3v) is 2.44. The van der Waals surface area contributed by atoms with Crippen molar-refractivity contribution in [2.45, 2.75) is 26.7 Å². The Morgan fingerprint density at radius 2 is 2.08 bits per heavy atom. The van der Waals surface area contributed by atoms with Crippen molar-refractivity contribution < 1.29 is 4.79 Å². The summed E-state index contributed by atoms with van der Waals surface area (Å²) in [4.78, 5) is 15.5. The van der Waals surface area contributed by atoms with Crippen molar-refractivity contribution in [2.24, 2.45) is 0 Å². The van der Waals surface area contributed by atoms with Crippen molar-refractivity contribution in [3.63, 3.8) is 0 Å². The van der Waals surface area contributed by atoms with Gasteiger partial charge in [-0.3, -0.25) is 9.69 Å². The van der Waals surface area contributed by atoms with Crippen LogP contribution >= 0.6 is 0 Å². The highest BCUT2D eigenvalue weighted by molar-refractivity contribution is 5.77. The molecule has 70 valence electrons. The standard InChI is InChI=1S/C9H18N2O/c1-3-10(4-2)8-11-7-5-6-9(11)12/h3-8H2,1-2H3. The second-order valence-corrected chi connectivity index (χ2v) is 3.21. The van der Waals surface area contributed by atoms with Gasteiger partial charge in [0.25, 0.3) is 0 Å². The Bertz CT molecular complexity index is 155. The molecule has 0 aromatic carbocycles. The summed E-state index contributed by atoms with van der Waals surface area (Å²) in [6.07, 6.45) is 1.79. The van der Waals surface area contributed by atoms with Crippen molar-refractivity contribution in [1.82, 2.24) is 9.80 Å². The van der Waals surface area contributed by atoms with Gasteiger partial charge in [0.2, 0.25) is 5.91 Å². The molecular weight excluding hydrogens is 152 g/mol. The van der Waals surface area contributed by atoms with Crippen LogP contribution in [0, 0.1) is 0 Å². The molecule has 1 aliphatic heterocycles. The largest absolute Gasteiger partial charge is 0.330 e. The van der Waals surface area contributed by atoms with Crippen LogP contribution in [0.25, 0.3) is 0 Å². The van der Waals surface area contributed by atoms with Crippen LogP contribution in [0.4, 0.5) is 0 Å². The van der Waals surface area contributed by atoms with Gasteiger partial charge in [-0.1, -0.05) is 13.8 Å². The average molecular weight is 170 g/mol. The van der Waals surface area contributed by atoms with E-state index in [0.29, 0.717) is 5.91 Å². The van der Waals surface area contributed by atoms with Gasteiger partial charge in [0, 0.05) is 13.0 Å². The minimum absolute atomic E-state index is 0.321. The Morgan fingerprint density at radius 3 is 2.50 bits per heavy atom. The normalized spacial score (nSPS) is 17.9. The van der Waals surface area contributed by atoms with Crippen molar-refractivity contribution >= 4 is 5.91 Å². The van der Waals surface area contributed by atoms with Gasteiger partial charge in [0.15, 0.2) is 0 Å². The highest BCUT2D eigenvalue weighted by Gasteiger charge is 2.20. The molecule has 3 heteroatoms. The number of amides is 1. The van der Waals surface area contributed by atoms with Crippen LogP contribution in [0.15, 0.2) is 0 Å². The molecule has 0 radical (unpaired) electrons. The first-order valence-electron chi connectivity index (χ1n) is 4.78. The molecule has 0 atom stereocenters. The smallest absolute Gasteiger partial charge is 0.223 e. The number of nitrogens with zero attached hydrogens (tertiary/aromatic N) is 2. The van der Waals surface area contributed by atoms with Crippen LogP contribution in [0.2, 0.25) is 0 Å². The molecule has 1 rings (SSSR count). The van der Waals surface area contributed by atoms with E-state index in [1.54, 1.807) is 0 Å². The molecule has 3 nitrogen and oxygen atoms in total. The number of carbonyl (C=O) groups excluding carboxylic acids is 1. The summed E-state index contributed by atoms with van der Waals surface area (Å²) in [5.41, 5.74) is 0. The van der Waals surface area contributed by atoms with Gasteiger partial charge >= 0.3 is 0 Å². The van der Waals surface area contributed by atoms with E-state index in [2.05, 4.69) is 18.7 Å². The van der Waals surface area contributed by atoms with Crippen molar-refractivity contribution in [2.75, 3.05) is 26.3 Å². The van der Waals surface area contributed by atoms with E-state index in [1.807, 2.05) is 4.90 Å². The van der Waals surface area contributed by atoms with Gasteiger partial charge in [-0.15, -0.1) is 0 Å². The molecule has 12 heavy (non-hydrogen) atoms. The summed E-state index contributed by atoms with van der Waals surface area (Å²) in [5, 5.41) is 0. The molecule has 0 unspecified atom stereocenters. The molecule has 0 aliphatic carbocycles. The minimum atomic E-state index is 0.321.